The number of aliphatic imine (C=N–C) groups is 1. The van der Waals surface area contributed by atoms with Crippen LogP contribution >= 0.6 is 11.8 Å². The van der Waals surface area contributed by atoms with E-state index < -0.39 is 0 Å². The zero-order valence-corrected chi connectivity index (χ0v) is 16.0. The highest BCUT2D eigenvalue weighted by atomic mass is 32.2. The van der Waals surface area contributed by atoms with Crippen molar-refractivity contribution >= 4 is 27.7 Å². The molecule has 1 fully saturated rings. The molecule has 2 aliphatic rings. The molecule has 0 unspecified atom stereocenters. The van der Waals surface area contributed by atoms with E-state index in [1.807, 2.05) is 11.8 Å². The average molecular weight is 354 g/mol. The minimum atomic E-state index is 0.242. The average Bonchev–Trinajstić information content (AvgIpc) is 3.23. The number of rotatable bonds is 4. The van der Waals surface area contributed by atoms with Crippen LogP contribution in [0.3, 0.4) is 0 Å². The minimum Gasteiger partial charge on any atom is -0.375 e. The Kier molecular flexibility index (Phi) is 4.63. The molecule has 0 bridgehead atoms. The molecule has 132 valence electrons. The second-order valence-electron chi connectivity index (χ2n) is 7.70. The van der Waals surface area contributed by atoms with E-state index in [2.05, 4.69) is 60.3 Å². The van der Waals surface area contributed by atoms with Crippen LogP contribution in [0.5, 0.6) is 0 Å². The zero-order chi connectivity index (χ0) is 17.3. The predicted molar refractivity (Wildman–Crippen MR) is 109 cm³/mol. The quantitative estimate of drug-likeness (QED) is 0.838. The van der Waals surface area contributed by atoms with Gasteiger partial charge in [0.25, 0.3) is 0 Å². The number of hydrogen-bond donors (Lipinski definition) is 1. The summed E-state index contributed by atoms with van der Waals surface area (Å²) in [5, 5.41) is 2.53. The van der Waals surface area contributed by atoms with Crippen molar-refractivity contribution in [2.24, 2.45) is 4.99 Å². The first-order chi connectivity index (χ1) is 12.1. The molecule has 4 rings (SSSR count). The Morgan fingerprint density at radius 3 is 2.84 bits per heavy atom. The maximum Gasteiger partial charge on any atom is 0.0927 e. The van der Waals surface area contributed by atoms with Crippen molar-refractivity contribution in [1.82, 2.24) is 9.88 Å². The summed E-state index contributed by atoms with van der Waals surface area (Å²) in [4.78, 5) is 10.9. The Morgan fingerprint density at radius 1 is 1.20 bits per heavy atom. The maximum atomic E-state index is 4.94. The lowest BCUT2D eigenvalue weighted by atomic mass is 10.1. The second kappa shape index (κ2) is 6.91. The highest BCUT2D eigenvalue weighted by Crippen LogP contribution is 2.39. The third-order valence-electron chi connectivity index (χ3n) is 5.11. The van der Waals surface area contributed by atoms with E-state index in [9.17, 15) is 0 Å². The van der Waals surface area contributed by atoms with Gasteiger partial charge in [-0.25, -0.2) is 0 Å². The molecule has 25 heavy (non-hydrogen) atoms. The van der Waals surface area contributed by atoms with Crippen LogP contribution in [0, 0.1) is 0 Å². The number of hydrogen-bond acceptors (Lipinski definition) is 3. The van der Waals surface area contributed by atoms with E-state index in [4.69, 9.17) is 4.99 Å². The van der Waals surface area contributed by atoms with Gasteiger partial charge in [0.05, 0.1) is 5.04 Å². The third kappa shape index (κ3) is 3.79. The summed E-state index contributed by atoms with van der Waals surface area (Å²) in [5.74, 6) is 0. The summed E-state index contributed by atoms with van der Waals surface area (Å²) < 4.78 is 0.242. The van der Waals surface area contributed by atoms with Crippen molar-refractivity contribution in [3.63, 3.8) is 0 Å². The first-order valence-electron chi connectivity index (χ1n) is 9.35. The molecular weight excluding hydrogens is 326 g/mol. The van der Waals surface area contributed by atoms with Crippen LogP contribution in [0.4, 0.5) is 0 Å². The number of nitrogens with zero attached hydrogens (tertiary/aromatic N) is 2. The van der Waals surface area contributed by atoms with Crippen molar-refractivity contribution in [1.29, 1.82) is 0 Å². The highest BCUT2D eigenvalue weighted by molar-refractivity contribution is 8.15. The molecular formula is C21H27N3S. The summed E-state index contributed by atoms with van der Waals surface area (Å²) in [5.41, 5.74) is 4.07. The fourth-order valence-electron chi connectivity index (χ4n) is 3.89. The largest absolute Gasteiger partial charge is 0.375 e. The fraction of sp³-hybridized carbons (Fsp3) is 0.476. The number of benzene rings is 1. The molecule has 2 aromatic rings. The lowest BCUT2D eigenvalue weighted by molar-refractivity contribution is 0.396. The Balaban J connectivity index is 1.48. The molecule has 3 nitrogen and oxygen atoms in total. The first-order valence-corrected chi connectivity index (χ1v) is 10.2. The molecule has 4 heteroatoms. The van der Waals surface area contributed by atoms with E-state index in [0.29, 0.717) is 0 Å². The number of para-hydroxylation sites is 1. The predicted octanol–water partition coefficient (Wildman–Crippen LogP) is 5.00. The molecule has 0 radical (unpaired) electrons. The van der Waals surface area contributed by atoms with Gasteiger partial charge in [-0.05, 0) is 50.8 Å². The standard InChI is InChI=1S/C21H27N3S/c1-21(2)14-17(24-11-5-6-12-24)13-20(25-21)22-10-9-16-15-23-19-8-4-3-7-18(16)19/h3-4,7-8,13,15,23H,5-6,9-12,14H2,1-2H3. The Hall–Kier alpha value is -1.68. The molecule has 1 saturated heterocycles. The number of H-pyrrole nitrogens is 1. The Bertz CT molecular complexity index is 809. The topological polar surface area (TPSA) is 31.4 Å². The van der Waals surface area contributed by atoms with Crippen LogP contribution in [0.2, 0.25) is 0 Å². The molecule has 1 aromatic heterocycles. The minimum absolute atomic E-state index is 0.242. The van der Waals surface area contributed by atoms with E-state index >= 15 is 0 Å². The van der Waals surface area contributed by atoms with Crippen molar-refractivity contribution in [3.8, 4) is 0 Å². The number of thioether (sulfide) groups is 1. The first kappa shape index (κ1) is 16.8. The van der Waals surface area contributed by atoms with Crippen molar-refractivity contribution in [2.45, 2.75) is 44.3 Å². The highest BCUT2D eigenvalue weighted by Gasteiger charge is 2.30. The van der Waals surface area contributed by atoms with Crippen molar-refractivity contribution < 1.29 is 0 Å². The van der Waals surface area contributed by atoms with Gasteiger partial charge < -0.3 is 9.88 Å². The summed E-state index contributed by atoms with van der Waals surface area (Å²) in [6.07, 6.45) is 9.28. The molecule has 2 aliphatic heterocycles. The maximum absolute atomic E-state index is 4.94. The second-order valence-corrected chi connectivity index (χ2v) is 9.43. The van der Waals surface area contributed by atoms with Gasteiger partial charge in [-0.2, -0.15) is 0 Å². The molecule has 0 amide bonds. The number of fused-ring (bicyclic) bond motifs is 1. The van der Waals surface area contributed by atoms with Gasteiger partial charge in [-0.15, -0.1) is 11.8 Å². The molecule has 1 N–H and O–H groups in total. The third-order valence-corrected chi connectivity index (χ3v) is 6.27. The van der Waals surface area contributed by atoms with Crippen LogP contribution in [-0.2, 0) is 6.42 Å². The summed E-state index contributed by atoms with van der Waals surface area (Å²) in [7, 11) is 0. The van der Waals surface area contributed by atoms with Crippen LogP contribution in [0.25, 0.3) is 10.9 Å². The van der Waals surface area contributed by atoms with Crippen molar-refractivity contribution in [2.75, 3.05) is 19.6 Å². The Morgan fingerprint density at radius 2 is 2.00 bits per heavy atom. The molecule has 1 aromatic carbocycles. The van der Waals surface area contributed by atoms with Gasteiger partial charge in [0.1, 0.15) is 0 Å². The number of aromatic amines is 1. The van der Waals surface area contributed by atoms with Crippen LogP contribution in [0.15, 0.2) is 47.2 Å². The smallest absolute Gasteiger partial charge is 0.0927 e. The van der Waals surface area contributed by atoms with Gasteiger partial charge >= 0.3 is 0 Å². The van der Waals surface area contributed by atoms with Gasteiger partial charge in [-0.3, -0.25) is 4.99 Å². The Labute approximate surface area is 154 Å². The summed E-state index contributed by atoms with van der Waals surface area (Å²) in [6.45, 7) is 7.97. The van der Waals surface area contributed by atoms with Gasteiger partial charge in [0.15, 0.2) is 0 Å². The normalized spacial score (nSPS) is 21.9. The van der Waals surface area contributed by atoms with Crippen molar-refractivity contribution in [3.05, 3.63) is 47.8 Å². The van der Waals surface area contributed by atoms with Crippen LogP contribution in [-0.4, -0.2) is 39.3 Å². The summed E-state index contributed by atoms with van der Waals surface area (Å²) >= 11 is 1.93. The molecule has 0 saturated carbocycles. The summed E-state index contributed by atoms with van der Waals surface area (Å²) in [6, 6.07) is 8.51. The van der Waals surface area contributed by atoms with Crippen LogP contribution in [0.1, 0.15) is 38.7 Å². The molecule has 0 spiro atoms. The lowest BCUT2D eigenvalue weighted by Crippen LogP contribution is -2.30. The van der Waals surface area contributed by atoms with E-state index in [-0.39, 0.29) is 4.75 Å². The SMILES string of the molecule is CC1(C)CC(N2CCCC2)=CC(=NCCc2c[nH]c3ccccc23)S1. The van der Waals surface area contributed by atoms with Crippen LogP contribution < -0.4 is 0 Å². The van der Waals surface area contributed by atoms with Gasteiger partial charge in [0, 0.05) is 53.6 Å². The fourth-order valence-corrected chi connectivity index (χ4v) is 5.03. The zero-order valence-electron chi connectivity index (χ0n) is 15.2. The number of allylic oxidation sites excluding steroid dienone is 1. The van der Waals surface area contributed by atoms with E-state index in [0.717, 1.165) is 19.4 Å². The van der Waals surface area contributed by atoms with Gasteiger partial charge in [-0.1, -0.05) is 18.2 Å². The lowest BCUT2D eigenvalue weighted by Gasteiger charge is -2.34. The molecule has 0 aliphatic carbocycles. The van der Waals surface area contributed by atoms with Gasteiger partial charge in [0.2, 0.25) is 0 Å². The monoisotopic (exact) mass is 353 g/mol. The number of nitrogens with one attached hydrogen (secondary N) is 1. The van der Waals surface area contributed by atoms with E-state index in [1.54, 1.807) is 0 Å². The number of likely N-dealkylation sites (tertiary alicyclic amines) is 1. The van der Waals surface area contributed by atoms with E-state index in [1.165, 1.54) is 53.1 Å². The molecule has 0 atom stereocenters. The number of aromatic nitrogens is 1. The molecule has 3 heterocycles.